The molecule has 4 rings (SSSR count). The maximum absolute atomic E-state index is 15.3. The number of fused-ring (bicyclic) bond motifs is 1. The Hall–Kier alpha value is -3.47. The SMILES string of the molecule is CC1=C(C=Cc2ccc3cc(C(=O)Nc4ccc(O)cc4)cc(F)c3c2F)C(C)(C)CCC1. The van der Waals surface area contributed by atoms with E-state index in [0.717, 1.165) is 25.3 Å². The largest absolute Gasteiger partial charge is 0.508 e. The highest BCUT2D eigenvalue weighted by atomic mass is 19.1. The van der Waals surface area contributed by atoms with Crippen LogP contribution in [-0.4, -0.2) is 11.0 Å². The number of hydrogen-bond acceptors (Lipinski definition) is 2. The number of phenols is 1. The zero-order valence-electron chi connectivity index (χ0n) is 19.0. The van der Waals surface area contributed by atoms with E-state index in [0.29, 0.717) is 16.6 Å². The second-order valence-electron chi connectivity index (χ2n) is 9.29. The van der Waals surface area contributed by atoms with Gasteiger partial charge < -0.3 is 10.4 Å². The van der Waals surface area contributed by atoms with Gasteiger partial charge in [-0.2, -0.15) is 0 Å². The van der Waals surface area contributed by atoms with Gasteiger partial charge in [0, 0.05) is 16.8 Å². The van der Waals surface area contributed by atoms with Crippen LogP contribution in [0.3, 0.4) is 0 Å². The number of phenolic OH excluding ortho intramolecular Hbond substituents is 1. The number of anilines is 1. The summed E-state index contributed by atoms with van der Waals surface area (Å²) in [5, 5.41) is 12.2. The molecule has 1 aliphatic carbocycles. The Morgan fingerprint density at radius 2 is 1.79 bits per heavy atom. The molecule has 5 heteroatoms. The fourth-order valence-corrected chi connectivity index (χ4v) is 4.58. The predicted molar refractivity (Wildman–Crippen MR) is 129 cm³/mol. The van der Waals surface area contributed by atoms with Crippen LogP contribution in [-0.2, 0) is 0 Å². The van der Waals surface area contributed by atoms with Crippen molar-refractivity contribution in [1.29, 1.82) is 0 Å². The van der Waals surface area contributed by atoms with Crippen molar-refractivity contribution >= 4 is 28.4 Å². The predicted octanol–water partition coefficient (Wildman–Crippen LogP) is 7.62. The summed E-state index contributed by atoms with van der Waals surface area (Å²) in [4.78, 5) is 12.6. The molecule has 0 aromatic heterocycles. The Morgan fingerprint density at radius 1 is 1.06 bits per heavy atom. The first-order valence-corrected chi connectivity index (χ1v) is 11.1. The molecule has 2 N–H and O–H groups in total. The van der Waals surface area contributed by atoms with Crippen LogP contribution in [0, 0.1) is 17.0 Å². The average molecular weight is 448 g/mol. The number of carbonyl (C=O) groups is 1. The lowest BCUT2D eigenvalue weighted by atomic mass is 9.72. The summed E-state index contributed by atoms with van der Waals surface area (Å²) in [7, 11) is 0. The minimum absolute atomic E-state index is 0.0250. The number of amides is 1. The van der Waals surface area contributed by atoms with Gasteiger partial charge in [0.05, 0.1) is 5.39 Å². The summed E-state index contributed by atoms with van der Waals surface area (Å²) in [6, 6.07) is 11.7. The van der Waals surface area contributed by atoms with E-state index >= 15 is 4.39 Å². The third-order valence-electron chi connectivity index (χ3n) is 6.40. The Morgan fingerprint density at radius 3 is 2.48 bits per heavy atom. The van der Waals surface area contributed by atoms with Gasteiger partial charge in [-0.05, 0) is 79.0 Å². The smallest absolute Gasteiger partial charge is 0.255 e. The molecule has 0 radical (unpaired) electrons. The van der Waals surface area contributed by atoms with E-state index in [1.165, 1.54) is 41.5 Å². The molecule has 0 heterocycles. The van der Waals surface area contributed by atoms with Crippen molar-refractivity contribution in [2.75, 3.05) is 5.32 Å². The minimum atomic E-state index is -0.788. The molecule has 0 unspecified atom stereocenters. The lowest BCUT2D eigenvalue weighted by Crippen LogP contribution is -2.18. The van der Waals surface area contributed by atoms with Crippen LogP contribution < -0.4 is 5.32 Å². The third-order valence-corrected chi connectivity index (χ3v) is 6.40. The first kappa shape index (κ1) is 22.7. The average Bonchev–Trinajstić information content (AvgIpc) is 2.75. The molecule has 1 aliphatic rings. The van der Waals surface area contributed by atoms with Gasteiger partial charge in [-0.1, -0.05) is 43.7 Å². The van der Waals surface area contributed by atoms with Gasteiger partial charge in [-0.15, -0.1) is 0 Å². The molecule has 0 aliphatic heterocycles. The molecule has 0 fully saturated rings. The van der Waals surface area contributed by atoms with E-state index < -0.39 is 17.5 Å². The van der Waals surface area contributed by atoms with E-state index in [9.17, 15) is 14.3 Å². The molecule has 0 saturated carbocycles. The van der Waals surface area contributed by atoms with Crippen LogP contribution in [0.1, 0.15) is 56.0 Å². The zero-order chi connectivity index (χ0) is 23.8. The van der Waals surface area contributed by atoms with E-state index in [1.807, 2.05) is 6.08 Å². The lowest BCUT2D eigenvalue weighted by Gasteiger charge is -2.32. The van der Waals surface area contributed by atoms with Gasteiger partial charge in [0.1, 0.15) is 17.4 Å². The number of nitrogens with one attached hydrogen (secondary N) is 1. The minimum Gasteiger partial charge on any atom is -0.508 e. The number of benzene rings is 3. The van der Waals surface area contributed by atoms with Crippen LogP contribution >= 0.6 is 0 Å². The van der Waals surface area contributed by atoms with E-state index in [2.05, 4.69) is 26.1 Å². The second kappa shape index (κ2) is 8.81. The number of halogens is 2. The standard InChI is InChI=1S/C28H27F2NO2/c1-17-5-4-14-28(2,3)23(17)13-8-18-6-7-19-15-20(16-24(29)25(19)26(18)30)27(33)31-21-9-11-22(32)12-10-21/h6-13,15-16,32H,4-5,14H2,1-3H3,(H,31,33). The summed E-state index contributed by atoms with van der Waals surface area (Å²) >= 11 is 0. The summed E-state index contributed by atoms with van der Waals surface area (Å²) < 4.78 is 30.2. The molecule has 0 spiro atoms. The molecule has 170 valence electrons. The van der Waals surface area contributed by atoms with E-state index in [1.54, 1.807) is 18.2 Å². The molecule has 0 bridgehead atoms. The molecule has 33 heavy (non-hydrogen) atoms. The molecule has 3 nitrogen and oxygen atoms in total. The van der Waals surface area contributed by atoms with Crippen molar-refractivity contribution in [3.05, 3.63) is 88.5 Å². The summed E-state index contributed by atoms with van der Waals surface area (Å²) in [5.41, 5.74) is 3.39. The molecular weight excluding hydrogens is 420 g/mol. The molecular formula is C28H27F2NO2. The number of aromatic hydroxyl groups is 1. The highest BCUT2D eigenvalue weighted by Gasteiger charge is 2.26. The fourth-order valence-electron chi connectivity index (χ4n) is 4.58. The highest BCUT2D eigenvalue weighted by molar-refractivity contribution is 6.06. The van der Waals surface area contributed by atoms with Crippen LogP contribution in [0.4, 0.5) is 14.5 Å². The highest BCUT2D eigenvalue weighted by Crippen LogP contribution is 2.41. The van der Waals surface area contributed by atoms with Crippen LogP contribution in [0.5, 0.6) is 5.75 Å². The van der Waals surface area contributed by atoms with Gasteiger partial charge in [0.2, 0.25) is 0 Å². The Kier molecular flexibility index (Phi) is 6.07. The fraction of sp³-hybridized carbons (Fsp3) is 0.250. The van der Waals surface area contributed by atoms with Crippen molar-refractivity contribution < 1.29 is 18.7 Å². The maximum Gasteiger partial charge on any atom is 0.255 e. The van der Waals surface area contributed by atoms with Gasteiger partial charge >= 0.3 is 0 Å². The summed E-state index contributed by atoms with van der Waals surface area (Å²) in [6.45, 7) is 6.49. The Labute approximate surface area is 192 Å². The van der Waals surface area contributed by atoms with Crippen LogP contribution in [0.25, 0.3) is 16.8 Å². The molecule has 0 atom stereocenters. The summed E-state index contributed by atoms with van der Waals surface area (Å²) in [6.07, 6.45) is 6.93. The van der Waals surface area contributed by atoms with Crippen molar-refractivity contribution in [3.8, 4) is 5.75 Å². The first-order valence-electron chi connectivity index (χ1n) is 11.1. The van der Waals surface area contributed by atoms with Crippen molar-refractivity contribution in [2.24, 2.45) is 5.41 Å². The van der Waals surface area contributed by atoms with Gasteiger partial charge in [0.25, 0.3) is 5.91 Å². The number of carbonyl (C=O) groups excluding carboxylic acids is 1. The number of hydrogen-bond donors (Lipinski definition) is 2. The molecule has 3 aromatic rings. The van der Waals surface area contributed by atoms with Crippen molar-refractivity contribution in [1.82, 2.24) is 0 Å². The number of rotatable bonds is 4. The quantitative estimate of drug-likeness (QED) is 0.404. The van der Waals surface area contributed by atoms with Gasteiger partial charge in [-0.3, -0.25) is 4.79 Å². The van der Waals surface area contributed by atoms with Gasteiger partial charge in [-0.25, -0.2) is 8.78 Å². The van der Waals surface area contributed by atoms with Crippen molar-refractivity contribution in [2.45, 2.75) is 40.0 Å². The zero-order valence-corrected chi connectivity index (χ0v) is 19.0. The van der Waals surface area contributed by atoms with Crippen LogP contribution in [0.15, 0.2) is 65.8 Å². The van der Waals surface area contributed by atoms with E-state index in [-0.39, 0.29) is 22.1 Å². The first-order chi connectivity index (χ1) is 15.7. The topological polar surface area (TPSA) is 49.3 Å². The Balaban J connectivity index is 1.65. The third kappa shape index (κ3) is 4.68. The summed E-state index contributed by atoms with van der Waals surface area (Å²) in [5.74, 6) is -1.88. The Bertz CT molecular complexity index is 1290. The molecule has 3 aromatic carbocycles. The van der Waals surface area contributed by atoms with Gasteiger partial charge in [0.15, 0.2) is 0 Å². The van der Waals surface area contributed by atoms with E-state index in [4.69, 9.17) is 0 Å². The molecule has 1 amide bonds. The lowest BCUT2D eigenvalue weighted by molar-refractivity contribution is 0.102. The maximum atomic E-state index is 15.3. The monoisotopic (exact) mass is 447 g/mol. The van der Waals surface area contributed by atoms with Crippen LogP contribution in [0.2, 0.25) is 0 Å². The number of allylic oxidation sites excluding steroid dienone is 3. The molecule has 0 saturated heterocycles. The van der Waals surface area contributed by atoms with Crippen molar-refractivity contribution in [3.63, 3.8) is 0 Å². The second-order valence-corrected chi connectivity index (χ2v) is 9.29. The normalized spacial score (nSPS) is 15.9.